The van der Waals surface area contributed by atoms with E-state index in [0.29, 0.717) is 25.3 Å². The second kappa shape index (κ2) is 5.94. The smallest absolute Gasteiger partial charge is 0.404 e. The summed E-state index contributed by atoms with van der Waals surface area (Å²) >= 11 is 0. The lowest BCUT2D eigenvalue weighted by molar-refractivity contribution is -0.275. The monoisotopic (exact) mass is 323 g/mol. The number of halogens is 3. The van der Waals surface area contributed by atoms with E-state index in [4.69, 9.17) is 4.74 Å². The van der Waals surface area contributed by atoms with E-state index < -0.39 is 23.1 Å². The fraction of sp³-hybridized carbons (Fsp3) is 0.538. The first-order chi connectivity index (χ1) is 9.69. The van der Waals surface area contributed by atoms with Gasteiger partial charge in [0.25, 0.3) is 0 Å². The highest BCUT2D eigenvalue weighted by Crippen LogP contribution is 2.30. The first kappa shape index (κ1) is 16.3. The van der Waals surface area contributed by atoms with E-state index in [1.807, 2.05) is 6.92 Å². The molecule has 1 atom stereocenters. The maximum Gasteiger partial charge on any atom is 0.573 e. The number of nitrogens with one attached hydrogen (secondary N) is 1. The van der Waals surface area contributed by atoms with E-state index in [1.165, 1.54) is 12.1 Å². The Morgan fingerprint density at radius 1 is 1.43 bits per heavy atom. The Hall–Kier alpha value is -1.12. The number of hydrogen-bond acceptors (Lipinski definition) is 3. The summed E-state index contributed by atoms with van der Waals surface area (Å²) in [5.74, 6) is -0.441. The van der Waals surface area contributed by atoms with E-state index in [1.54, 1.807) is 13.0 Å². The SMILES string of the molecule is Cc1ccc(S(=O)NCC2(C)COC2)c(OC(F)(F)F)c1. The van der Waals surface area contributed by atoms with Crippen molar-refractivity contribution < 1.29 is 26.9 Å². The van der Waals surface area contributed by atoms with Gasteiger partial charge in [0.1, 0.15) is 16.7 Å². The second-order valence-electron chi connectivity index (χ2n) is 5.39. The molecule has 0 spiro atoms. The van der Waals surface area contributed by atoms with Crippen molar-refractivity contribution in [3.63, 3.8) is 0 Å². The first-order valence-corrected chi connectivity index (χ1v) is 7.43. The summed E-state index contributed by atoms with van der Waals surface area (Å²) in [5, 5.41) is 0. The minimum Gasteiger partial charge on any atom is -0.404 e. The lowest BCUT2D eigenvalue weighted by Crippen LogP contribution is -2.47. The first-order valence-electron chi connectivity index (χ1n) is 6.28. The van der Waals surface area contributed by atoms with Crippen LogP contribution in [0.5, 0.6) is 5.75 Å². The topological polar surface area (TPSA) is 47.6 Å². The molecular formula is C13H16F3NO3S. The molecule has 1 fully saturated rings. The molecule has 0 bridgehead atoms. The van der Waals surface area contributed by atoms with Crippen LogP contribution in [-0.2, 0) is 15.7 Å². The Kier molecular flexibility index (Phi) is 4.60. The van der Waals surface area contributed by atoms with Crippen molar-refractivity contribution in [1.82, 2.24) is 4.72 Å². The van der Waals surface area contributed by atoms with Crippen molar-refractivity contribution in [3.8, 4) is 5.75 Å². The Balaban J connectivity index is 2.12. The predicted molar refractivity (Wildman–Crippen MR) is 71.2 cm³/mol. The minimum absolute atomic E-state index is 0.0261. The van der Waals surface area contributed by atoms with Crippen LogP contribution in [0.25, 0.3) is 0 Å². The number of hydrogen-bond donors (Lipinski definition) is 1. The Morgan fingerprint density at radius 2 is 2.10 bits per heavy atom. The van der Waals surface area contributed by atoms with Crippen LogP contribution in [-0.4, -0.2) is 30.3 Å². The molecule has 118 valence electrons. The molecule has 0 aromatic heterocycles. The lowest BCUT2D eigenvalue weighted by atomic mass is 9.89. The van der Waals surface area contributed by atoms with Gasteiger partial charge >= 0.3 is 6.36 Å². The molecular weight excluding hydrogens is 307 g/mol. The van der Waals surface area contributed by atoms with E-state index in [0.717, 1.165) is 0 Å². The van der Waals surface area contributed by atoms with Crippen LogP contribution < -0.4 is 9.46 Å². The van der Waals surface area contributed by atoms with E-state index in [-0.39, 0.29) is 10.3 Å². The normalized spacial score (nSPS) is 18.9. The zero-order valence-electron chi connectivity index (χ0n) is 11.6. The lowest BCUT2D eigenvalue weighted by Gasteiger charge is -2.37. The van der Waals surface area contributed by atoms with Gasteiger partial charge in [0, 0.05) is 12.0 Å². The zero-order chi connectivity index (χ0) is 15.7. The molecule has 0 saturated carbocycles. The zero-order valence-corrected chi connectivity index (χ0v) is 12.4. The Bertz CT molecular complexity index is 544. The molecule has 4 nitrogen and oxygen atoms in total. The molecule has 0 radical (unpaired) electrons. The summed E-state index contributed by atoms with van der Waals surface area (Å²) in [6.07, 6.45) is -4.82. The van der Waals surface area contributed by atoms with Gasteiger partial charge in [-0.3, -0.25) is 0 Å². The van der Waals surface area contributed by atoms with Gasteiger partial charge in [-0.1, -0.05) is 13.0 Å². The van der Waals surface area contributed by atoms with Crippen LogP contribution >= 0.6 is 0 Å². The molecule has 1 saturated heterocycles. The molecule has 2 rings (SSSR count). The predicted octanol–water partition coefficient (Wildman–Crippen LogP) is 2.54. The summed E-state index contributed by atoms with van der Waals surface area (Å²) in [4.78, 5) is -0.0261. The Morgan fingerprint density at radius 3 is 2.62 bits per heavy atom. The molecule has 1 heterocycles. The van der Waals surface area contributed by atoms with Gasteiger partial charge in [-0.2, -0.15) is 0 Å². The van der Waals surface area contributed by atoms with E-state index in [2.05, 4.69) is 9.46 Å². The third-order valence-corrected chi connectivity index (χ3v) is 4.20. The number of aryl methyl sites for hydroxylation is 1. The van der Waals surface area contributed by atoms with Crippen molar-refractivity contribution in [2.24, 2.45) is 5.41 Å². The summed E-state index contributed by atoms with van der Waals surface area (Å²) < 4.78 is 61.1. The summed E-state index contributed by atoms with van der Waals surface area (Å²) in [6, 6.07) is 4.18. The molecule has 1 unspecified atom stereocenters. The molecule has 21 heavy (non-hydrogen) atoms. The van der Waals surface area contributed by atoms with Crippen molar-refractivity contribution in [1.29, 1.82) is 0 Å². The molecule has 8 heteroatoms. The maximum atomic E-state index is 12.4. The van der Waals surface area contributed by atoms with Crippen molar-refractivity contribution in [2.45, 2.75) is 25.1 Å². The van der Waals surface area contributed by atoms with Gasteiger partial charge in [-0.15, -0.1) is 13.2 Å². The van der Waals surface area contributed by atoms with Crippen LogP contribution in [0.3, 0.4) is 0 Å². The average Bonchev–Trinajstić information content (AvgIpc) is 2.32. The van der Waals surface area contributed by atoms with Crippen molar-refractivity contribution in [3.05, 3.63) is 23.8 Å². The highest BCUT2D eigenvalue weighted by Gasteiger charge is 2.35. The van der Waals surface area contributed by atoms with Crippen LogP contribution in [0.4, 0.5) is 13.2 Å². The number of benzene rings is 1. The molecule has 1 aromatic carbocycles. The third kappa shape index (κ3) is 4.42. The van der Waals surface area contributed by atoms with Gasteiger partial charge in [-0.25, -0.2) is 8.93 Å². The Labute approximate surface area is 123 Å². The molecule has 1 N–H and O–H groups in total. The van der Waals surface area contributed by atoms with Crippen molar-refractivity contribution >= 4 is 11.0 Å². The van der Waals surface area contributed by atoms with Gasteiger partial charge in [-0.05, 0) is 24.6 Å². The third-order valence-electron chi connectivity index (χ3n) is 3.06. The minimum atomic E-state index is -4.82. The molecule has 0 aliphatic carbocycles. The average molecular weight is 323 g/mol. The van der Waals surface area contributed by atoms with Crippen LogP contribution in [0.2, 0.25) is 0 Å². The van der Waals surface area contributed by atoms with Gasteiger partial charge in [0.15, 0.2) is 0 Å². The fourth-order valence-corrected chi connectivity index (χ4v) is 2.95. The summed E-state index contributed by atoms with van der Waals surface area (Å²) in [7, 11) is -1.78. The van der Waals surface area contributed by atoms with Crippen LogP contribution in [0.15, 0.2) is 23.1 Å². The van der Waals surface area contributed by atoms with Crippen molar-refractivity contribution in [2.75, 3.05) is 19.8 Å². The quantitative estimate of drug-likeness (QED) is 0.906. The van der Waals surface area contributed by atoms with E-state index >= 15 is 0 Å². The van der Waals surface area contributed by atoms with Gasteiger partial charge < -0.3 is 9.47 Å². The molecule has 1 aliphatic heterocycles. The fourth-order valence-electron chi connectivity index (χ4n) is 1.84. The van der Waals surface area contributed by atoms with Gasteiger partial charge in [0.05, 0.1) is 18.1 Å². The second-order valence-corrected chi connectivity index (χ2v) is 6.66. The summed E-state index contributed by atoms with van der Waals surface area (Å²) in [5.41, 5.74) is 0.458. The van der Waals surface area contributed by atoms with Gasteiger partial charge in [0.2, 0.25) is 0 Å². The molecule has 1 aromatic rings. The summed E-state index contributed by atoms with van der Waals surface area (Å²) in [6.45, 7) is 5.05. The largest absolute Gasteiger partial charge is 0.573 e. The number of rotatable bonds is 5. The van der Waals surface area contributed by atoms with Crippen LogP contribution in [0, 0.1) is 12.3 Å². The highest BCUT2D eigenvalue weighted by molar-refractivity contribution is 7.83. The van der Waals surface area contributed by atoms with Crippen LogP contribution in [0.1, 0.15) is 12.5 Å². The number of ether oxygens (including phenoxy) is 2. The van der Waals surface area contributed by atoms with E-state index in [9.17, 15) is 17.4 Å². The maximum absolute atomic E-state index is 12.4. The standard InChI is InChI=1S/C13H16F3NO3S/c1-9-3-4-11(10(5-9)20-13(14,15)16)21(18)17-6-12(2)7-19-8-12/h3-5,17H,6-8H2,1-2H3. The highest BCUT2D eigenvalue weighted by atomic mass is 32.2. The molecule has 0 amide bonds. The number of alkyl halides is 3. The molecule has 1 aliphatic rings.